The van der Waals surface area contributed by atoms with Gasteiger partial charge in [0.2, 0.25) is 0 Å². The van der Waals surface area contributed by atoms with Crippen molar-refractivity contribution in [2.75, 3.05) is 5.73 Å². The van der Waals surface area contributed by atoms with Gasteiger partial charge in [-0.25, -0.2) is 0 Å². The smallest absolute Gasteiger partial charge is 0.0314 e. The molecule has 0 heterocycles. The van der Waals surface area contributed by atoms with Crippen LogP contribution < -0.4 is 11.5 Å². The van der Waals surface area contributed by atoms with Gasteiger partial charge >= 0.3 is 0 Å². The van der Waals surface area contributed by atoms with Gasteiger partial charge in [-0.05, 0) is 29.2 Å². The van der Waals surface area contributed by atoms with Gasteiger partial charge < -0.3 is 11.5 Å². The van der Waals surface area contributed by atoms with E-state index >= 15 is 0 Å². The monoisotopic (exact) mass is 214 g/mol. The molecule has 1 unspecified atom stereocenters. The third-order valence-electron chi connectivity index (χ3n) is 3.12. The molecule has 1 aliphatic rings. The Labute approximate surface area is 96.6 Å². The van der Waals surface area contributed by atoms with Crippen molar-refractivity contribution >= 4 is 5.69 Å². The second-order valence-electron chi connectivity index (χ2n) is 4.97. The molecule has 2 rings (SSSR count). The number of allylic oxidation sites excluding steroid dienone is 3. The number of hydrogen-bond donors (Lipinski definition) is 2. The quantitative estimate of drug-likeness (QED) is 0.706. The van der Waals surface area contributed by atoms with Crippen molar-refractivity contribution in [2.24, 2.45) is 11.1 Å². The summed E-state index contributed by atoms with van der Waals surface area (Å²) in [6.45, 7) is 4.40. The Hall–Kier alpha value is -1.70. The van der Waals surface area contributed by atoms with Gasteiger partial charge in [-0.15, -0.1) is 0 Å². The zero-order valence-corrected chi connectivity index (χ0v) is 9.77. The summed E-state index contributed by atoms with van der Waals surface area (Å²) < 4.78 is 0. The van der Waals surface area contributed by atoms with Gasteiger partial charge in [-0.2, -0.15) is 0 Å². The Morgan fingerprint density at radius 3 is 2.25 bits per heavy atom. The van der Waals surface area contributed by atoms with Crippen molar-refractivity contribution in [2.45, 2.75) is 19.8 Å². The molecule has 0 saturated carbocycles. The fourth-order valence-electron chi connectivity index (χ4n) is 2.27. The van der Waals surface area contributed by atoms with Gasteiger partial charge in [0.15, 0.2) is 0 Å². The van der Waals surface area contributed by atoms with Crippen molar-refractivity contribution < 1.29 is 0 Å². The van der Waals surface area contributed by atoms with Gasteiger partial charge in [0.1, 0.15) is 0 Å². The van der Waals surface area contributed by atoms with Gasteiger partial charge in [0.25, 0.3) is 0 Å². The lowest BCUT2D eigenvalue weighted by molar-refractivity contribution is 0.418. The Morgan fingerprint density at radius 1 is 1.06 bits per heavy atom. The largest absolute Gasteiger partial charge is 0.399 e. The second kappa shape index (κ2) is 3.71. The van der Waals surface area contributed by atoms with E-state index in [2.05, 4.69) is 38.1 Å². The first-order valence-corrected chi connectivity index (χ1v) is 5.51. The van der Waals surface area contributed by atoms with Crippen LogP contribution in [0.3, 0.4) is 0 Å². The molecule has 84 valence electrons. The first-order valence-electron chi connectivity index (χ1n) is 5.51. The zero-order chi connectivity index (χ0) is 11.8. The summed E-state index contributed by atoms with van der Waals surface area (Å²) in [4.78, 5) is 0. The molecule has 1 aromatic rings. The van der Waals surface area contributed by atoms with Crippen LogP contribution in [0.2, 0.25) is 0 Å². The fourth-order valence-corrected chi connectivity index (χ4v) is 2.27. The van der Waals surface area contributed by atoms with E-state index in [-0.39, 0.29) is 5.41 Å². The first kappa shape index (κ1) is 10.8. The van der Waals surface area contributed by atoms with Crippen molar-refractivity contribution in [3.63, 3.8) is 0 Å². The molecule has 0 bridgehead atoms. The number of hydrogen-bond acceptors (Lipinski definition) is 2. The Kier molecular flexibility index (Phi) is 2.50. The van der Waals surface area contributed by atoms with Crippen LogP contribution >= 0.6 is 0 Å². The fraction of sp³-hybridized carbons (Fsp3) is 0.286. The highest BCUT2D eigenvalue weighted by Crippen LogP contribution is 2.41. The van der Waals surface area contributed by atoms with Crippen molar-refractivity contribution in [3.8, 4) is 0 Å². The maximum Gasteiger partial charge on any atom is 0.0314 e. The topological polar surface area (TPSA) is 52.0 Å². The molecule has 1 aromatic carbocycles. The highest BCUT2D eigenvalue weighted by atomic mass is 14.6. The van der Waals surface area contributed by atoms with Crippen molar-refractivity contribution in [1.29, 1.82) is 0 Å². The van der Waals surface area contributed by atoms with Crippen molar-refractivity contribution in [1.82, 2.24) is 0 Å². The normalized spacial score (nSPS) is 22.9. The van der Waals surface area contributed by atoms with E-state index in [1.54, 1.807) is 0 Å². The average Bonchev–Trinajstić information content (AvgIpc) is 2.18. The molecule has 0 amide bonds. The van der Waals surface area contributed by atoms with E-state index < -0.39 is 0 Å². The van der Waals surface area contributed by atoms with Crippen LogP contribution in [0.5, 0.6) is 0 Å². The summed E-state index contributed by atoms with van der Waals surface area (Å²) >= 11 is 0. The van der Waals surface area contributed by atoms with Crippen LogP contribution in [0.4, 0.5) is 5.69 Å². The summed E-state index contributed by atoms with van der Waals surface area (Å²) in [6.07, 6.45) is 6.27. The SMILES string of the molecule is CC1(C)C=C(N)C=CC1c1ccc(N)cc1. The van der Waals surface area contributed by atoms with Crippen LogP contribution in [-0.4, -0.2) is 0 Å². The van der Waals surface area contributed by atoms with E-state index in [0.29, 0.717) is 5.92 Å². The molecule has 0 radical (unpaired) electrons. The number of rotatable bonds is 1. The van der Waals surface area contributed by atoms with Crippen molar-refractivity contribution in [3.05, 3.63) is 53.8 Å². The summed E-state index contributed by atoms with van der Waals surface area (Å²) in [7, 11) is 0. The summed E-state index contributed by atoms with van der Waals surface area (Å²) in [5.74, 6) is 0.361. The Bertz CT molecular complexity index is 438. The number of anilines is 1. The van der Waals surface area contributed by atoms with Gasteiger partial charge in [0.05, 0.1) is 0 Å². The third-order valence-corrected chi connectivity index (χ3v) is 3.12. The minimum absolute atomic E-state index is 0.0505. The van der Waals surface area contributed by atoms with E-state index in [9.17, 15) is 0 Å². The molecule has 0 spiro atoms. The second-order valence-corrected chi connectivity index (χ2v) is 4.97. The number of benzene rings is 1. The highest BCUT2D eigenvalue weighted by Gasteiger charge is 2.29. The van der Waals surface area contributed by atoms with E-state index in [0.717, 1.165) is 11.4 Å². The lowest BCUT2D eigenvalue weighted by Crippen LogP contribution is -2.22. The number of nitrogens with two attached hydrogens (primary N) is 2. The zero-order valence-electron chi connectivity index (χ0n) is 9.77. The molecule has 16 heavy (non-hydrogen) atoms. The maximum atomic E-state index is 5.83. The Morgan fingerprint density at radius 2 is 1.69 bits per heavy atom. The summed E-state index contributed by atoms with van der Waals surface area (Å²) in [5.41, 5.74) is 14.5. The standard InChI is InChI=1S/C14H18N2/c1-14(2)9-12(16)7-8-13(14)10-3-5-11(15)6-4-10/h3-9,13H,15-16H2,1-2H3. The molecule has 0 fully saturated rings. The summed E-state index contributed by atoms with van der Waals surface area (Å²) in [5, 5.41) is 0. The number of nitrogen functional groups attached to an aromatic ring is 1. The van der Waals surface area contributed by atoms with Crippen LogP contribution in [0, 0.1) is 5.41 Å². The maximum absolute atomic E-state index is 5.83. The molecule has 1 atom stereocenters. The lowest BCUT2D eigenvalue weighted by atomic mass is 9.72. The summed E-state index contributed by atoms with van der Waals surface area (Å²) in [6, 6.07) is 8.06. The molecule has 1 aliphatic carbocycles. The molecular formula is C14H18N2. The van der Waals surface area contributed by atoms with Gasteiger partial charge in [0, 0.05) is 17.3 Å². The Balaban J connectivity index is 2.36. The lowest BCUT2D eigenvalue weighted by Gasteiger charge is -2.33. The highest BCUT2D eigenvalue weighted by molar-refractivity contribution is 5.43. The molecule has 2 nitrogen and oxygen atoms in total. The molecular weight excluding hydrogens is 196 g/mol. The van der Waals surface area contributed by atoms with Crippen LogP contribution in [0.1, 0.15) is 25.3 Å². The average molecular weight is 214 g/mol. The molecule has 0 aromatic heterocycles. The third kappa shape index (κ3) is 1.96. The van der Waals surface area contributed by atoms with Gasteiger partial charge in [-0.3, -0.25) is 0 Å². The predicted octanol–water partition coefficient (Wildman–Crippen LogP) is 2.79. The van der Waals surface area contributed by atoms with E-state index in [1.165, 1.54) is 5.56 Å². The first-order chi connectivity index (χ1) is 7.49. The molecule has 0 saturated heterocycles. The van der Waals surface area contributed by atoms with E-state index in [1.807, 2.05) is 18.2 Å². The molecule has 2 heteroatoms. The predicted molar refractivity (Wildman–Crippen MR) is 68.8 cm³/mol. The van der Waals surface area contributed by atoms with Crippen LogP contribution in [-0.2, 0) is 0 Å². The molecule has 4 N–H and O–H groups in total. The van der Waals surface area contributed by atoms with Crippen LogP contribution in [0.25, 0.3) is 0 Å². The van der Waals surface area contributed by atoms with Gasteiger partial charge in [-0.1, -0.05) is 38.1 Å². The van der Waals surface area contributed by atoms with Crippen LogP contribution in [0.15, 0.2) is 48.2 Å². The van der Waals surface area contributed by atoms with E-state index in [4.69, 9.17) is 11.5 Å². The minimum atomic E-state index is 0.0505. The molecule has 0 aliphatic heterocycles. The minimum Gasteiger partial charge on any atom is -0.399 e.